The molecule has 0 spiro atoms. The van der Waals surface area contributed by atoms with Crippen molar-refractivity contribution < 1.29 is 33.5 Å². The molecule has 236 valence electrons. The largest absolute Gasteiger partial charge is 0.493 e. The van der Waals surface area contributed by atoms with Gasteiger partial charge in [-0.05, 0) is 61.4 Å². The standard InChI is InChI=1S/C32H26BrN3O9S/c1-5-44-31(39)27-17(2)34-32-35(28(27)22-15-24(42-3)25(43-4)16-23(22)33)29(37)26(46-32)13-18-9-11-21(12-10-18)45-30(38)19-7-6-8-20(14-19)36(40)41/h6-16,28H,5H2,1-4H3/b26-13-/t28-/m1/s1. The van der Waals surface area contributed by atoms with Crippen molar-refractivity contribution in [2.24, 2.45) is 4.99 Å². The van der Waals surface area contributed by atoms with Crippen LogP contribution in [0.1, 0.15) is 41.4 Å². The Labute approximate surface area is 274 Å². The third kappa shape index (κ3) is 6.34. The van der Waals surface area contributed by atoms with E-state index in [0.29, 0.717) is 42.1 Å². The number of hydrogen-bond acceptors (Lipinski definition) is 11. The summed E-state index contributed by atoms with van der Waals surface area (Å²) in [5.74, 6) is -0.267. The number of nitrogens with zero attached hydrogens (tertiary/aromatic N) is 3. The number of methoxy groups -OCH3 is 2. The molecule has 0 radical (unpaired) electrons. The van der Waals surface area contributed by atoms with Crippen LogP contribution in [-0.2, 0) is 9.53 Å². The molecule has 0 N–H and O–H groups in total. The van der Waals surface area contributed by atoms with Crippen LogP contribution in [-0.4, -0.2) is 42.3 Å². The number of fused-ring (bicyclic) bond motifs is 1. The van der Waals surface area contributed by atoms with Crippen molar-refractivity contribution in [1.82, 2.24) is 4.57 Å². The summed E-state index contributed by atoms with van der Waals surface area (Å²) in [6.45, 7) is 3.53. The predicted octanol–water partition coefficient (Wildman–Crippen LogP) is 4.71. The topological polar surface area (TPSA) is 149 Å². The number of ether oxygens (including phenoxy) is 4. The first kappa shape index (κ1) is 32.3. The van der Waals surface area contributed by atoms with Gasteiger partial charge < -0.3 is 18.9 Å². The van der Waals surface area contributed by atoms with Crippen LogP contribution in [0.5, 0.6) is 17.2 Å². The van der Waals surface area contributed by atoms with Gasteiger partial charge in [0.05, 0.1) is 53.2 Å². The Morgan fingerprint density at radius 2 is 1.76 bits per heavy atom. The average molecular weight is 709 g/mol. The van der Waals surface area contributed by atoms with Crippen molar-refractivity contribution in [2.75, 3.05) is 20.8 Å². The Bertz CT molecular complexity index is 2080. The maximum absolute atomic E-state index is 14.0. The Morgan fingerprint density at radius 1 is 1.07 bits per heavy atom. The highest BCUT2D eigenvalue weighted by Crippen LogP contribution is 2.40. The minimum absolute atomic E-state index is 0.0348. The number of benzene rings is 3. The maximum atomic E-state index is 14.0. The lowest BCUT2D eigenvalue weighted by molar-refractivity contribution is -0.384. The number of thiazole rings is 1. The molecule has 3 aromatic carbocycles. The number of rotatable bonds is 9. The van der Waals surface area contributed by atoms with Crippen LogP contribution >= 0.6 is 27.3 Å². The molecule has 0 unspecified atom stereocenters. The summed E-state index contributed by atoms with van der Waals surface area (Å²) in [5.41, 5.74) is 1.25. The molecule has 0 bridgehead atoms. The number of carbonyl (C=O) groups is 2. The summed E-state index contributed by atoms with van der Waals surface area (Å²) >= 11 is 4.74. The highest BCUT2D eigenvalue weighted by atomic mass is 79.9. The van der Waals surface area contributed by atoms with Gasteiger partial charge in [-0.15, -0.1) is 0 Å². The first-order valence-corrected chi connectivity index (χ1v) is 15.3. The summed E-state index contributed by atoms with van der Waals surface area (Å²) in [4.78, 5) is 55.2. The lowest BCUT2D eigenvalue weighted by Gasteiger charge is -2.26. The molecule has 12 nitrogen and oxygen atoms in total. The lowest BCUT2D eigenvalue weighted by atomic mass is 9.95. The molecule has 1 aliphatic rings. The molecule has 46 heavy (non-hydrogen) atoms. The van der Waals surface area contributed by atoms with Crippen LogP contribution < -0.4 is 29.1 Å². The fraction of sp³-hybridized carbons (Fsp3) is 0.188. The Balaban J connectivity index is 1.54. The van der Waals surface area contributed by atoms with Crippen molar-refractivity contribution >= 4 is 51.0 Å². The van der Waals surface area contributed by atoms with E-state index in [1.807, 2.05) is 0 Å². The summed E-state index contributed by atoms with van der Waals surface area (Å²) in [5, 5.41) is 11.0. The molecule has 1 aliphatic heterocycles. The zero-order chi connectivity index (χ0) is 33.1. The van der Waals surface area contributed by atoms with Crippen LogP contribution in [0.4, 0.5) is 5.69 Å². The van der Waals surface area contributed by atoms with Gasteiger partial charge in [-0.25, -0.2) is 14.6 Å². The highest BCUT2D eigenvalue weighted by Gasteiger charge is 2.35. The number of aromatic nitrogens is 1. The van der Waals surface area contributed by atoms with Gasteiger partial charge in [-0.1, -0.05) is 45.5 Å². The normalized spacial score (nSPS) is 14.3. The van der Waals surface area contributed by atoms with Crippen LogP contribution in [0.3, 0.4) is 0 Å². The SMILES string of the molecule is CCOC(=O)C1=C(C)N=c2s/c(=C\c3ccc(OC(=O)c4cccc([N+](=O)[O-])c4)cc3)c(=O)n2[C@@H]1c1cc(OC)c(OC)cc1Br. The first-order chi connectivity index (χ1) is 22.1. The van der Waals surface area contributed by atoms with E-state index in [-0.39, 0.29) is 34.7 Å². The number of carbonyl (C=O) groups excluding carboxylic acids is 2. The van der Waals surface area contributed by atoms with Gasteiger partial charge in [0.1, 0.15) is 5.75 Å². The van der Waals surface area contributed by atoms with Gasteiger partial charge in [0.15, 0.2) is 16.3 Å². The Morgan fingerprint density at radius 3 is 2.41 bits per heavy atom. The molecular formula is C32H26BrN3O9S. The van der Waals surface area contributed by atoms with E-state index in [2.05, 4.69) is 20.9 Å². The van der Waals surface area contributed by atoms with Gasteiger partial charge in [0.25, 0.3) is 11.2 Å². The molecule has 0 amide bonds. The van der Waals surface area contributed by atoms with Gasteiger partial charge in [0, 0.05) is 16.6 Å². The van der Waals surface area contributed by atoms with Gasteiger partial charge in [0.2, 0.25) is 0 Å². The smallest absolute Gasteiger partial charge is 0.343 e. The molecule has 1 aromatic heterocycles. The number of nitro benzene ring substituents is 1. The van der Waals surface area contributed by atoms with E-state index in [4.69, 9.17) is 18.9 Å². The molecule has 0 saturated heterocycles. The number of non-ortho nitro benzene ring substituents is 1. The minimum Gasteiger partial charge on any atom is -0.493 e. The number of allylic oxidation sites excluding steroid dienone is 1. The molecule has 0 fully saturated rings. The zero-order valence-electron chi connectivity index (χ0n) is 24.9. The molecule has 4 aromatic rings. The molecule has 0 aliphatic carbocycles. The molecule has 2 heterocycles. The van der Waals surface area contributed by atoms with E-state index in [0.717, 1.165) is 17.4 Å². The van der Waals surface area contributed by atoms with Crippen LogP contribution in [0.25, 0.3) is 6.08 Å². The van der Waals surface area contributed by atoms with Crippen molar-refractivity contribution in [1.29, 1.82) is 0 Å². The van der Waals surface area contributed by atoms with Crippen molar-refractivity contribution in [3.05, 3.63) is 123 Å². The highest BCUT2D eigenvalue weighted by molar-refractivity contribution is 9.10. The summed E-state index contributed by atoms with van der Waals surface area (Å²) < 4.78 is 24.1. The lowest BCUT2D eigenvalue weighted by Crippen LogP contribution is -2.40. The molecule has 0 saturated carbocycles. The zero-order valence-corrected chi connectivity index (χ0v) is 27.3. The van der Waals surface area contributed by atoms with Crippen molar-refractivity contribution in [2.45, 2.75) is 19.9 Å². The van der Waals surface area contributed by atoms with E-state index in [1.165, 1.54) is 37.0 Å². The molecule has 14 heteroatoms. The average Bonchev–Trinajstić information content (AvgIpc) is 3.34. The number of halogens is 1. The number of nitro groups is 1. The Hall–Kier alpha value is -5.08. The summed E-state index contributed by atoms with van der Waals surface area (Å²) in [6, 6.07) is 14.2. The first-order valence-electron chi connectivity index (χ1n) is 13.7. The summed E-state index contributed by atoms with van der Waals surface area (Å²) in [6.07, 6.45) is 1.67. The van der Waals surface area contributed by atoms with Crippen molar-refractivity contribution in [3.8, 4) is 17.2 Å². The quantitative estimate of drug-likeness (QED) is 0.104. The van der Waals surface area contributed by atoms with E-state index in [9.17, 15) is 24.5 Å². The predicted molar refractivity (Wildman–Crippen MR) is 172 cm³/mol. The third-order valence-electron chi connectivity index (χ3n) is 7.00. The van der Waals surface area contributed by atoms with Crippen LogP contribution in [0, 0.1) is 10.1 Å². The number of esters is 2. The fourth-order valence-electron chi connectivity index (χ4n) is 4.86. The second-order valence-corrected chi connectivity index (χ2v) is 11.7. The maximum Gasteiger partial charge on any atom is 0.343 e. The summed E-state index contributed by atoms with van der Waals surface area (Å²) in [7, 11) is 3.00. The van der Waals surface area contributed by atoms with E-state index < -0.39 is 22.9 Å². The molecule has 5 rings (SSSR count). The van der Waals surface area contributed by atoms with Gasteiger partial charge >= 0.3 is 11.9 Å². The fourth-order valence-corrected chi connectivity index (χ4v) is 6.45. The minimum atomic E-state index is -0.887. The molecule has 1 atom stereocenters. The molecular weight excluding hydrogens is 682 g/mol. The number of hydrogen-bond donors (Lipinski definition) is 0. The van der Waals surface area contributed by atoms with Crippen LogP contribution in [0.15, 0.2) is 86.2 Å². The Kier molecular flexibility index (Phi) is 9.49. The monoisotopic (exact) mass is 707 g/mol. The van der Waals surface area contributed by atoms with Gasteiger partial charge in [-0.3, -0.25) is 19.5 Å². The second-order valence-electron chi connectivity index (χ2n) is 9.80. The van der Waals surface area contributed by atoms with Gasteiger partial charge in [-0.2, -0.15) is 0 Å². The van der Waals surface area contributed by atoms with E-state index >= 15 is 0 Å². The second kappa shape index (κ2) is 13.5. The van der Waals surface area contributed by atoms with Crippen LogP contribution in [0.2, 0.25) is 0 Å². The van der Waals surface area contributed by atoms with E-state index in [1.54, 1.807) is 56.3 Å². The van der Waals surface area contributed by atoms with Crippen molar-refractivity contribution in [3.63, 3.8) is 0 Å². The third-order valence-corrected chi connectivity index (χ3v) is 8.67.